The Kier molecular flexibility index (Phi) is 7.17. The van der Waals surface area contributed by atoms with E-state index in [1.807, 2.05) is 30.3 Å². The quantitative estimate of drug-likeness (QED) is 0.603. The zero-order chi connectivity index (χ0) is 24.1. The number of piperazine rings is 1. The van der Waals surface area contributed by atoms with Crippen molar-refractivity contribution in [2.75, 3.05) is 44.2 Å². The van der Waals surface area contributed by atoms with Crippen molar-refractivity contribution in [3.63, 3.8) is 0 Å². The van der Waals surface area contributed by atoms with E-state index in [9.17, 15) is 19.2 Å². The molecule has 0 aromatic heterocycles. The maximum atomic E-state index is 12.9. The number of thioether (sulfide) groups is 1. The van der Waals surface area contributed by atoms with E-state index in [-0.39, 0.29) is 24.0 Å². The van der Waals surface area contributed by atoms with Crippen molar-refractivity contribution in [2.24, 2.45) is 5.73 Å². The number of amides is 4. The van der Waals surface area contributed by atoms with Crippen LogP contribution in [0.4, 0.5) is 10.5 Å². The summed E-state index contributed by atoms with van der Waals surface area (Å²) in [5.74, 6) is -1.06. The standard InChI is InChI=1S/C24H24N4O5S/c25-21(29)16-33-19-9-5-4-6-17(19)14-20-23(31)28(24(32)34-20)15-22(30)27-12-10-26(11-13-27)18-7-2-1-3-8-18/h1-9,14H,10-13,15-16H2,(H2,25,29)/b20-14+. The first-order chi connectivity index (χ1) is 16.4. The highest BCUT2D eigenvalue weighted by atomic mass is 32.2. The van der Waals surface area contributed by atoms with Gasteiger partial charge in [-0.1, -0.05) is 36.4 Å². The second-order valence-corrected chi connectivity index (χ2v) is 8.76. The molecule has 34 heavy (non-hydrogen) atoms. The van der Waals surface area contributed by atoms with E-state index >= 15 is 0 Å². The number of hydrogen-bond donors (Lipinski definition) is 1. The van der Waals surface area contributed by atoms with Gasteiger partial charge in [-0.05, 0) is 36.0 Å². The lowest BCUT2D eigenvalue weighted by atomic mass is 10.2. The predicted octanol–water partition coefficient (Wildman–Crippen LogP) is 1.94. The number of imide groups is 1. The Balaban J connectivity index is 1.38. The summed E-state index contributed by atoms with van der Waals surface area (Å²) < 4.78 is 5.38. The van der Waals surface area contributed by atoms with Crippen LogP contribution in [-0.4, -0.2) is 72.1 Å². The number of nitrogens with two attached hydrogens (primary N) is 1. The molecule has 0 radical (unpaired) electrons. The fraction of sp³-hybridized carbons (Fsp3) is 0.250. The van der Waals surface area contributed by atoms with Gasteiger partial charge < -0.3 is 20.3 Å². The molecule has 10 heteroatoms. The van der Waals surface area contributed by atoms with Crippen LogP contribution in [-0.2, 0) is 14.4 Å². The third-order valence-electron chi connectivity index (χ3n) is 5.50. The maximum absolute atomic E-state index is 12.9. The zero-order valence-corrected chi connectivity index (χ0v) is 19.2. The molecular formula is C24H24N4O5S. The van der Waals surface area contributed by atoms with E-state index in [0.29, 0.717) is 37.5 Å². The molecule has 0 unspecified atom stereocenters. The minimum Gasteiger partial charge on any atom is -0.483 e. The first kappa shape index (κ1) is 23.4. The highest BCUT2D eigenvalue weighted by molar-refractivity contribution is 8.18. The van der Waals surface area contributed by atoms with E-state index in [0.717, 1.165) is 22.3 Å². The molecule has 0 saturated carbocycles. The smallest absolute Gasteiger partial charge is 0.294 e. The average Bonchev–Trinajstić information content (AvgIpc) is 3.11. The summed E-state index contributed by atoms with van der Waals surface area (Å²) in [5, 5.41) is -0.497. The Morgan fingerprint density at radius 2 is 1.65 bits per heavy atom. The van der Waals surface area contributed by atoms with Crippen LogP contribution >= 0.6 is 11.8 Å². The van der Waals surface area contributed by atoms with Gasteiger partial charge in [0.05, 0.1) is 4.91 Å². The van der Waals surface area contributed by atoms with Crippen molar-refractivity contribution in [1.82, 2.24) is 9.80 Å². The van der Waals surface area contributed by atoms with Gasteiger partial charge in [0.2, 0.25) is 5.91 Å². The van der Waals surface area contributed by atoms with Gasteiger partial charge in [-0.15, -0.1) is 0 Å². The molecule has 2 aliphatic rings. The van der Waals surface area contributed by atoms with Crippen LogP contribution in [0.1, 0.15) is 5.56 Å². The van der Waals surface area contributed by atoms with Crippen LogP contribution in [0.3, 0.4) is 0 Å². The molecule has 2 aliphatic heterocycles. The molecule has 2 aromatic carbocycles. The number of primary amides is 1. The van der Waals surface area contributed by atoms with Crippen LogP contribution < -0.4 is 15.4 Å². The minimum absolute atomic E-state index is 0.182. The van der Waals surface area contributed by atoms with Gasteiger partial charge in [-0.2, -0.15) is 0 Å². The second kappa shape index (κ2) is 10.4. The zero-order valence-electron chi connectivity index (χ0n) is 18.4. The summed E-state index contributed by atoms with van der Waals surface area (Å²) in [4.78, 5) is 54.2. The third kappa shape index (κ3) is 5.40. The van der Waals surface area contributed by atoms with E-state index < -0.39 is 17.1 Å². The minimum atomic E-state index is -0.627. The number of para-hydroxylation sites is 2. The van der Waals surface area contributed by atoms with Crippen LogP contribution in [0, 0.1) is 0 Å². The number of ether oxygens (including phenoxy) is 1. The highest BCUT2D eigenvalue weighted by Crippen LogP contribution is 2.34. The van der Waals surface area contributed by atoms with E-state index in [1.54, 1.807) is 29.2 Å². The number of carbonyl (C=O) groups excluding carboxylic acids is 4. The van der Waals surface area contributed by atoms with Crippen LogP contribution in [0.2, 0.25) is 0 Å². The maximum Gasteiger partial charge on any atom is 0.294 e. The predicted molar refractivity (Wildman–Crippen MR) is 129 cm³/mol. The van der Waals surface area contributed by atoms with Crippen molar-refractivity contribution in [2.45, 2.75) is 0 Å². The molecule has 2 saturated heterocycles. The van der Waals surface area contributed by atoms with Crippen molar-refractivity contribution in [1.29, 1.82) is 0 Å². The Hall–Kier alpha value is -3.79. The van der Waals surface area contributed by atoms with Crippen LogP contribution in [0.25, 0.3) is 6.08 Å². The Morgan fingerprint density at radius 3 is 2.35 bits per heavy atom. The molecule has 4 amide bonds. The van der Waals surface area contributed by atoms with Crippen molar-refractivity contribution in [3.8, 4) is 5.75 Å². The van der Waals surface area contributed by atoms with Crippen LogP contribution in [0.15, 0.2) is 59.5 Å². The first-order valence-corrected chi connectivity index (χ1v) is 11.6. The fourth-order valence-corrected chi connectivity index (χ4v) is 4.57. The summed E-state index contributed by atoms with van der Waals surface area (Å²) in [5.41, 5.74) is 6.76. The van der Waals surface area contributed by atoms with Crippen molar-refractivity contribution < 1.29 is 23.9 Å². The number of rotatable bonds is 7. The average molecular weight is 481 g/mol. The molecule has 0 bridgehead atoms. The summed E-state index contributed by atoms with van der Waals surface area (Å²) >= 11 is 0.768. The number of carbonyl (C=O) groups is 4. The molecule has 0 spiro atoms. The van der Waals surface area contributed by atoms with Gasteiger partial charge in [0.15, 0.2) is 6.61 Å². The van der Waals surface area contributed by atoms with Gasteiger partial charge >= 0.3 is 0 Å². The highest BCUT2D eigenvalue weighted by Gasteiger charge is 2.37. The monoisotopic (exact) mass is 480 g/mol. The van der Waals surface area contributed by atoms with E-state index in [2.05, 4.69) is 4.90 Å². The van der Waals surface area contributed by atoms with Gasteiger partial charge in [0, 0.05) is 37.4 Å². The lowest BCUT2D eigenvalue weighted by Gasteiger charge is -2.36. The molecule has 4 rings (SSSR count). The Morgan fingerprint density at radius 1 is 0.971 bits per heavy atom. The lowest BCUT2D eigenvalue weighted by Crippen LogP contribution is -2.51. The number of nitrogens with zero attached hydrogens (tertiary/aromatic N) is 3. The fourth-order valence-electron chi connectivity index (χ4n) is 3.75. The molecule has 2 N–H and O–H groups in total. The van der Waals surface area contributed by atoms with Crippen molar-refractivity contribution in [3.05, 3.63) is 65.1 Å². The number of anilines is 1. The largest absolute Gasteiger partial charge is 0.483 e. The molecule has 2 aromatic rings. The first-order valence-electron chi connectivity index (χ1n) is 10.8. The van der Waals surface area contributed by atoms with E-state index in [4.69, 9.17) is 10.5 Å². The summed E-state index contributed by atoms with van der Waals surface area (Å²) in [6.45, 7) is 1.79. The summed E-state index contributed by atoms with van der Waals surface area (Å²) in [6.07, 6.45) is 1.52. The number of benzene rings is 2. The van der Waals surface area contributed by atoms with Crippen molar-refractivity contribution >= 4 is 46.5 Å². The molecule has 0 aliphatic carbocycles. The molecule has 2 heterocycles. The molecule has 176 valence electrons. The Labute approximate surface area is 201 Å². The van der Waals surface area contributed by atoms with Gasteiger partial charge in [0.25, 0.3) is 17.1 Å². The van der Waals surface area contributed by atoms with Crippen LogP contribution in [0.5, 0.6) is 5.75 Å². The Bertz CT molecular complexity index is 1130. The topological polar surface area (TPSA) is 113 Å². The molecular weight excluding hydrogens is 456 g/mol. The molecule has 0 atom stereocenters. The van der Waals surface area contributed by atoms with E-state index in [1.165, 1.54) is 6.08 Å². The summed E-state index contributed by atoms with van der Waals surface area (Å²) in [7, 11) is 0. The SMILES string of the molecule is NC(=O)COc1ccccc1/C=C1/SC(=O)N(CC(=O)N2CCN(c3ccccc3)CC2)C1=O. The third-order valence-corrected chi connectivity index (χ3v) is 6.40. The summed E-state index contributed by atoms with van der Waals surface area (Å²) in [6, 6.07) is 16.8. The van der Waals surface area contributed by atoms with Gasteiger partial charge in [-0.25, -0.2) is 0 Å². The second-order valence-electron chi connectivity index (χ2n) is 7.76. The number of hydrogen-bond acceptors (Lipinski definition) is 7. The van der Waals surface area contributed by atoms with Gasteiger partial charge in [0.1, 0.15) is 12.3 Å². The van der Waals surface area contributed by atoms with Gasteiger partial charge in [-0.3, -0.25) is 24.1 Å². The molecule has 2 fully saturated rings. The molecule has 9 nitrogen and oxygen atoms in total. The normalized spacial score (nSPS) is 17.4. The lowest BCUT2D eigenvalue weighted by molar-refractivity contribution is -0.136.